The topological polar surface area (TPSA) is 659 Å². The van der Waals surface area contributed by atoms with Gasteiger partial charge in [-0.1, -0.05) is 0 Å². The summed E-state index contributed by atoms with van der Waals surface area (Å²) in [7, 11) is 2.22. The van der Waals surface area contributed by atoms with Gasteiger partial charge in [0, 0.05) is 92.4 Å². The van der Waals surface area contributed by atoms with E-state index in [0.29, 0.717) is 0 Å². The Morgan fingerprint density at radius 2 is 0.429 bits per heavy atom. The van der Waals surface area contributed by atoms with Crippen LogP contribution < -0.4 is 31.9 Å². The molecule has 0 spiro atoms. The van der Waals surface area contributed by atoms with Gasteiger partial charge in [0.2, 0.25) is 35.4 Å². The number of hydrogen-bond donors (Lipinski definition) is 24. The maximum absolute atomic E-state index is 13.6. The summed E-state index contributed by atoms with van der Waals surface area (Å²) in [5.74, 6) is -6.79. The van der Waals surface area contributed by atoms with Crippen LogP contribution in [0.4, 0.5) is 0 Å². The molecule has 6 saturated heterocycles. The van der Waals surface area contributed by atoms with Crippen molar-refractivity contribution < 1.29 is 182 Å². The van der Waals surface area contributed by atoms with E-state index in [1.54, 1.807) is 0 Å². The minimum absolute atomic E-state index is 0.397. The highest BCUT2D eigenvalue weighted by atomic mass is 16.8. The molecule has 6 rings (SSSR count). The van der Waals surface area contributed by atoms with Crippen LogP contribution in [0.2, 0.25) is 0 Å². The average Bonchev–Trinajstić information content (AvgIpc) is 0.764. The first-order valence-electron chi connectivity index (χ1n) is 34.6. The predicted octanol–water partition coefficient (Wildman–Crippen LogP) is -13.4. The maximum atomic E-state index is 13.6. The Kier molecular flexibility index (Phi) is 35.4. The van der Waals surface area contributed by atoms with Gasteiger partial charge in [0.05, 0.1) is 72.9 Å². The lowest BCUT2D eigenvalue weighted by Crippen LogP contribution is -2.71. The van der Waals surface area contributed by atoms with E-state index in [4.69, 9.17) is 61.6 Å². The largest absolute Gasteiger partial charge is 0.396 e. The third-order valence-corrected chi connectivity index (χ3v) is 19.0. The molecule has 0 bridgehead atoms. The van der Waals surface area contributed by atoms with E-state index in [9.17, 15) is 121 Å². The van der Waals surface area contributed by atoms with Crippen LogP contribution in [0.5, 0.6) is 0 Å². The smallest absolute Gasteiger partial charge is 0.249 e. The third-order valence-electron chi connectivity index (χ3n) is 19.0. The van der Waals surface area contributed by atoms with Crippen LogP contribution in [-0.4, -0.2) is 402 Å². The zero-order valence-electron chi connectivity index (χ0n) is 59.1. The molecule has 608 valence electrons. The van der Waals surface area contributed by atoms with Crippen molar-refractivity contribution in [3.8, 4) is 0 Å². The van der Waals surface area contributed by atoms with Crippen molar-refractivity contribution in [2.75, 3.05) is 53.9 Å². The Balaban J connectivity index is 1.50. The molecule has 24 N–H and O–H groups in total. The third kappa shape index (κ3) is 22.4. The van der Waals surface area contributed by atoms with Gasteiger partial charge >= 0.3 is 0 Å². The Morgan fingerprint density at radius 1 is 0.276 bits per heavy atom. The predicted molar refractivity (Wildman–Crippen MR) is 342 cm³/mol. The number of carbonyl (C=O) groups is 6. The number of hydrogen-bond acceptors (Lipinski definition) is 37. The van der Waals surface area contributed by atoms with Crippen LogP contribution in [-0.2, 0) is 90.3 Å². The molecule has 6 aliphatic rings. The molecule has 6 amide bonds. The molecule has 0 aromatic carbocycles. The SMILES string of the molecule is CO[C@H]1O[C@H](C)[C@@H](NC(=O)C(O)CCO)[C@H](O)[C@@H]1O[C@H]1O[C@H](C)[C@@H](NC(=O)C(O)CCO)[C@H](O)[C@@H]1O[C@H]1O[C@H](C)[C@@H](NC(=O)C(O)CCO)[C@H](O)[C@@H]1O[C@H]1O[C@H](C)[C@@H](NC(=O)C(O)CCO)[C@H](O)[C@@H]1O[C@H]1O[C@H](C)[C@@H](NC(=O)C(O)CCO)[C@H](O)[C@@H]1O[C@H]1O[C@H](C)[C@@H](NC(=O)C(O)CCO)[C@H](O)[C@@H]1OC. The second-order valence-electron chi connectivity index (χ2n) is 26.5. The van der Waals surface area contributed by atoms with Gasteiger partial charge < -0.3 is 185 Å². The molecule has 43 nitrogen and oxygen atoms in total. The number of methoxy groups -OCH3 is 2. The monoisotopic (exact) mass is 1530 g/mol. The van der Waals surface area contributed by atoms with Gasteiger partial charge in [-0.15, -0.1) is 0 Å². The van der Waals surface area contributed by atoms with Crippen molar-refractivity contribution in [1.29, 1.82) is 0 Å². The molecule has 105 heavy (non-hydrogen) atoms. The standard InChI is InChI=1S/C62H108N6O37/c1-21-34(64-52(88)28(76)10-16-70)40(82)46(57(94-8)95-21)101-59-48(42(84)36(23(3)97-59)66-54(90)30(78)12-18-72)103-61-50(44(86)38(25(5)99-61)68-56(92)32(80)14-20-74)105-62-49(43(85)37(26(6)100-62)67-55(91)31(79)13-19-73)104-60-47(41(83)35(24(4)98-60)65-53(89)29(77)11-17-71)102-58-45(93-7)39(81)33(22(2)96-58)63-51(87)27(75)9-15-69/h21-50,57-62,69-86H,9-20H2,1-8H3,(H,63,87)(H,64,88)(H,65,89)(H,66,90)(H,67,91)(H,68,92)/t21-,22-,23-,24-,25-,26-,27?,28?,29?,30?,31?,32?,33-,34-,35-,36-,37-,38-,39+,40+,41+,42+,43+,44+,45+,46+,47+,48+,49+,50+,57+,58-,59-,60-,61-,62-/m1/s1. The molecular formula is C62H108N6O37. The van der Waals surface area contributed by atoms with Gasteiger partial charge in [-0.25, -0.2) is 0 Å². The second-order valence-corrected chi connectivity index (χ2v) is 26.5. The number of nitrogens with one attached hydrogen (secondary N) is 6. The zero-order chi connectivity index (χ0) is 78.2. The average molecular weight is 1530 g/mol. The molecule has 0 saturated carbocycles. The first kappa shape index (κ1) is 89.5. The number of aliphatic hydroxyl groups is 18. The molecule has 0 radical (unpaired) electrons. The molecule has 6 unspecified atom stereocenters. The van der Waals surface area contributed by atoms with Gasteiger partial charge in [0.1, 0.15) is 110 Å². The van der Waals surface area contributed by atoms with Gasteiger partial charge in [-0.05, 0) is 41.5 Å². The van der Waals surface area contributed by atoms with Gasteiger partial charge in [0.25, 0.3) is 0 Å². The van der Waals surface area contributed by atoms with Gasteiger partial charge in [0.15, 0.2) is 37.7 Å². The fourth-order valence-electron chi connectivity index (χ4n) is 12.9. The van der Waals surface area contributed by atoms with Crippen LogP contribution in [0.15, 0.2) is 0 Å². The summed E-state index contributed by atoms with van der Waals surface area (Å²) in [5.41, 5.74) is 0. The minimum atomic E-state index is -2.26. The minimum Gasteiger partial charge on any atom is -0.396 e. The van der Waals surface area contributed by atoms with Crippen LogP contribution in [0.1, 0.15) is 80.1 Å². The molecule has 36 atom stereocenters. The van der Waals surface area contributed by atoms with Crippen molar-refractivity contribution in [2.45, 2.75) is 301 Å². The van der Waals surface area contributed by atoms with E-state index in [0.717, 1.165) is 14.2 Å². The lowest BCUT2D eigenvalue weighted by molar-refractivity contribution is -0.400. The molecule has 0 aromatic heterocycles. The lowest BCUT2D eigenvalue weighted by atomic mass is 9.93. The summed E-state index contributed by atoms with van der Waals surface area (Å²) in [6, 6.07) is -9.52. The Labute approximate surface area is 602 Å². The number of aliphatic hydroxyl groups excluding tert-OH is 18. The van der Waals surface area contributed by atoms with Crippen molar-refractivity contribution in [3.63, 3.8) is 0 Å². The fourth-order valence-corrected chi connectivity index (χ4v) is 12.9. The highest BCUT2D eigenvalue weighted by Gasteiger charge is 2.59. The van der Waals surface area contributed by atoms with E-state index >= 15 is 0 Å². The molecule has 6 heterocycles. The van der Waals surface area contributed by atoms with E-state index in [-0.39, 0.29) is 0 Å². The molecule has 0 aromatic rings. The Hall–Kier alpha value is -4.42. The summed E-state index contributed by atoms with van der Waals surface area (Å²) in [6.07, 6.45) is -59.0. The first-order valence-corrected chi connectivity index (χ1v) is 34.6. The van der Waals surface area contributed by atoms with E-state index < -0.39 is 334 Å². The van der Waals surface area contributed by atoms with Crippen LogP contribution in [0.3, 0.4) is 0 Å². The second kappa shape index (κ2) is 41.6. The quantitative estimate of drug-likeness (QED) is 0.0277. The highest BCUT2D eigenvalue weighted by molar-refractivity contribution is 5.83. The highest BCUT2D eigenvalue weighted by Crippen LogP contribution is 2.39. The summed E-state index contributed by atoms with van der Waals surface area (Å²) in [4.78, 5) is 80.4. The summed E-state index contributed by atoms with van der Waals surface area (Å²) >= 11 is 0. The van der Waals surface area contributed by atoms with E-state index in [2.05, 4.69) is 31.9 Å². The summed E-state index contributed by atoms with van der Waals surface area (Å²) in [6.45, 7) is 3.93. The number of carbonyl (C=O) groups excluding carboxylic acids is 6. The fraction of sp³-hybridized carbons (Fsp3) is 0.903. The van der Waals surface area contributed by atoms with Crippen LogP contribution in [0.25, 0.3) is 0 Å². The molecule has 43 heteroatoms. The molecule has 6 aliphatic heterocycles. The van der Waals surface area contributed by atoms with Crippen molar-refractivity contribution in [2.24, 2.45) is 0 Å². The van der Waals surface area contributed by atoms with Crippen molar-refractivity contribution in [3.05, 3.63) is 0 Å². The number of rotatable bonds is 36. The number of amides is 6. The van der Waals surface area contributed by atoms with Crippen LogP contribution >= 0.6 is 0 Å². The summed E-state index contributed by atoms with van der Waals surface area (Å²) in [5, 5.41) is 210. The Bertz CT molecular complexity index is 2710. The van der Waals surface area contributed by atoms with Crippen molar-refractivity contribution in [1.82, 2.24) is 31.9 Å². The number of ether oxygens (including phenoxy) is 13. The van der Waals surface area contributed by atoms with Crippen molar-refractivity contribution >= 4 is 35.4 Å². The maximum Gasteiger partial charge on any atom is 0.249 e. The molecular weight excluding hydrogens is 1420 g/mol. The molecule has 6 fully saturated rings. The Morgan fingerprint density at radius 3 is 0.590 bits per heavy atom. The zero-order valence-corrected chi connectivity index (χ0v) is 59.1. The van der Waals surface area contributed by atoms with Crippen LogP contribution in [0, 0.1) is 0 Å². The first-order chi connectivity index (χ1) is 49.7. The summed E-state index contributed by atoms with van der Waals surface area (Å²) < 4.78 is 81.3. The van der Waals surface area contributed by atoms with Gasteiger partial charge in [-0.2, -0.15) is 0 Å². The van der Waals surface area contributed by atoms with E-state index in [1.165, 1.54) is 41.5 Å². The van der Waals surface area contributed by atoms with E-state index in [1.807, 2.05) is 0 Å². The normalized spacial score (nSPS) is 39.8. The lowest BCUT2D eigenvalue weighted by Gasteiger charge is -2.52. The molecule has 0 aliphatic carbocycles. The van der Waals surface area contributed by atoms with Gasteiger partial charge in [-0.3, -0.25) is 28.8 Å².